The normalized spacial score (nSPS) is 14.8. The third kappa shape index (κ3) is 4.59. The molecule has 0 aliphatic carbocycles. The Morgan fingerprint density at radius 2 is 1.72 bits per heavy atom. The van der Waals surface area contributed by atoms with Gasteiger partial charge < -0.3 is 14.8 Å². The Labute approximate surface area is 187 Å². The van der Waals surface area contributed by atoms with Crippen molar-refractivity contribution >= 4 is 28.8 Å². The van der Waals surface area contributed by atoms with E-state index in [9.17, 15) is 9.59 Å². The maximum absolute atomic E-state index is 12.5. The van der Waals surface area contributed by atoms with Gasteiger partial charge in [-0.2, -0.15) is 0 Å². The van der Waals surface area contributed by atoms with Crippen LogP contribution in [0, 0.1) is 0 Å². The number of rotatable bonds is 8. The van der Waals surface area contributed by atoms with Crippen LogP contribution < -0.4 is 14.8 Å². The highest BCUT2D eigenvalue weighted by Crippen LogP contribution is 2.31. The van der Waals surface area contributed by atoms with Gasteiger partial charge in [0.05, 0.1) is 6.61 Å². The van der Waals surface area contributed by atoms with Crippen LogP contribution in [0.4, 0.5) is 4.79 Å². The summed E-state index contributed by atoms with van der Waals surface area (Å²) in [5.74, 6) is 0.896. The van der Waals surface area contributed by atoms with Crippen molar-refractivity contribution in [1.29, 1.82) is 0 Å². The van der Waals surface area contributed by atoms with Crippen molar-refractivity contribution in [1.82, 2.24) is 10.2 Å². The molecule has 0 spiro atoms. The van der Waals surface area contributed by atoms with Crippen LogP contribution in [-0.2, 0) is 11.4 Å². The molecule has 3 aromatic carbocycles. The first kappa shape index (κ1) is 21.4. The van der Waals surface area contributed by atoms with E-state index in [1.807, 2.05) is 44.2 Å². The number of carbonyl (C=O) groups is 2. The van der Waals surface area contributed by atoms with Crippen LogP contribution in [0.15, 0.2) is 66.4 Å². The zero-order valence-corrected chi connectivity index (χ0v) is 18.3. The summed E-state index contributed by atoms with van der Waals surface area (Å²) >= 11 is 0. The summed E-state index contributed by atoms with van der Waals surface area (Å²) in [6, 6.07) is 19.6. The Morgan fingerprint density at radius 3 is 2.50 bits per heavy atom. The number of urea groups is 1. The van der Waals surface area contributed by atoms with Crippen LogP contribution in [0.1, 0.15) is 31.4 Å². The van der Waals surface area contributed by atoms with Gasteiger partial charge in [0.25, 0.3) is 5.91 Å². The summed E-state index contributed by atoms with van der Waals surface area (Å²) in [5.41, 5.74) is 2.07. The predicted octanol–water partition coefficient (Wildman–Crippen LogP) is 5.12. The number of carbonyl (C=O) groups excluding carboxylic acids is 2. The summed E-state index contributed by atoms with van der Waals surface area (Å²) in [4.78, 5) is 25.7. The summed E-state index contributed by atoms with van der Waals surface area (Å²) in [6.07, 6.45) is 2.37. The smallest absolute Gasteiger partial charge is 0.329 e. The third-order valence-corrected chi connectivity index (χ3v) is 5.20. The van der Waals surface area contributed by atoms with Gasteiger partial charge in [0.15, 0.2) is 11.5 Å². The minimum atomic E-state index is -0.386. The molecule has 1 N–H and O–H groups in total. The lowest BCUT2D eigenvalue weighted by Gasteiger charge is -2.13. The molecular weight excluding hydrogens is 404 g/mol. The number of nitrogens with one attached hydrogen (secondary N) is 1. The monoisotopic (exact) mass is 430 g/mol. The van der Waals surface area contributed by atoms with Crippen molar-refractivity contribution in [3.05, 3.63) is 77.5 Å². The number of ether oxygens (including phenoxy) is 2. The van der Waals surface area contributed by atoms with E-state index < -0.39 is 0 Å². The molecule has 0 saturated carbocycles. The molecule has 1 aliphatic rings. The van der Waals surface area contributed by atoms with Gasteiger partial charge in [-0.15, -0.1) is 0 Å². The minimum Gasteiger partial charge on any atom is -0.490 e. The maximum atomic E-state index is 12.5. The number of amides is 3. The summed E-state index contributed by atoms with van der Waals surface area (Å²) in [6.45, 7) is 5.11. The molecule has 0 atom stereocenters. The Kier molecular flexibility index (Phi) is 6.40. The third-order valence-electron chi connectivity index (χ3n) is 5.20. The molecule has 6 heteroatoms. The van der Waals surface area contributed by atoms with Gasteiger partial charge in [-0.05, 0) is 59.5 Å². The maximum Gasteiger partial charge on any atom is 0.329 e. The van der Waals surface area contributed by atoms with E-state index in [-0.39, 0.29) is 17.6 Å². The van der Waals surface area contributed by atoms with Crippen LogP contribution >= 0.6 is 0 Å². The van der Waals surface area contributed by atoms with Gasteiger partial charge in [0.1, 0.15) is 12.3 Å². The van der Waals surface area contributed by atoms with Gasteiger partial charge in [0.2, 0.25) is 0 Å². The molecule has 0 bridgehead atoms. The fourth-order valence-corrected chi connectivity index (χ4v) is 3.66. The molecule has 1 fully saturated rings. The second-order valence-corrected chi connectivity index (χ2v) is 7.55. The molecule has 3 aromatic rings. The summed E-state index contributed by atoms with van der Waals surface area (Å²) in [5, 5.41) is 5.00. The van der Waals surface area contributed by atoms with Crippen molar-refractivity contribution in [2.45, 2.75) is 26.9 Å². The fourth-order valence-electron chi connectivity index (χ4n) is 3.66. The van der Waals surface area contributed by atoms with E-state index in [1.54, 1.807) is 6.08 Å². The molecular formula is C26H26N2O4. The van der Waals surface area contributed by atoms with Crippen molar-refractivity contribution < 1.29 is 19.1 Å². The predicted molar refractivity (Wildman–Crippen MR) is 124 cm³/mol. The van der Waals surface area contributed by atoms with Gasteiger partial charge in [-0.1, -0.05) is 49.4 Å². The molecule has 6 nitrogen and oxygen atoms in total. The quantitative estimate of drug-likeness (QED) is 0.398. The molecule has 0 radical (unpaired) electrons. The summed E-state index contributed by atoms with van der Waals surface area (Å²) < 4.78 is 11.8. The lowest BCUT2D eigenvalue weighted by Crippen LogP contribution is -2.31. The van der Waals surface area contributed by atoms with Gasteiger partial charge in [0, 0.05) is 6.54 Å². The van der Waals surface area contributed by atoms with Crippen LogP contribution in [-0.4, -0.2) is 30.0 Å². The van der Waals surface area contributed by atoms with Crippen molar-refractivity contribution in [2.24, 2.45) is 0 Å². The molecule has 1 saturated heterocycles. The molecule has 1 aliphatic heterocycles. The molecule has 4 rings (SSSR count). The number of imide groups is 1. The highest BCUT2D eigenvalue weighted by Gasteiger charge is 2.32. The van der Waals surface area contributed by atoms with Gasteiger partial charge in [-0.25, -0.2) is 4.79 Å². The second-order valence-electron chi connectivity index (χ2n) is 7.55. The van der Waals surface area contributed by atoms with Crippen LogP contribution in [0.25, 0.3) is 16.8 Å². The standard InChI is InChI=1S/C26H26N2O4/c1-3-13-28-25(29)22(27-26(28)30)15-18-10-12-23(24(16-18)31-4-2)32-17-19-9-11-20-7-5-6-8-21(20)14-19/h5-12,14-16H,3-4,13,17H2,1-2H3,(H,27,30)/b22-15+. The zero-order chi connectivity index (χ0) is 22.5. The topological polar surface area (TPSA) is 67.9 Å². The molecule has 164 valence electrons. The molecule has 32 heavy (non-hydrogen) atoms. The van der Waals surface area contributed by atoms with Crippen molar-refractivity contribution in [2.75, 3.05) is 13.2 Å². The number of hydrogen-bond donors (Lipinski definition) is 1. The first-order chi connectivity index (χ1) is 15.6. The highest BCUT2D eigenvalue weighted by atomic mass is 16.5. The number of hydrogen-bond acceptors (Lipinski definition) is 4. The largest absolute Gasteiger partial charge is 0.490 e. The van der Waals surface area contributed by atoms with E-state index in [0.717, 1.165) is 11.1 Å². The lowest BCUT2D eigenvalue weighted by molar-refractivity contribution is -0.122. The molecule has 0 unspecified atom stereocenters. The van der Waals surface area contributed by atoms with E-state index in [4.69, 9.17) is 9.47 Å². The Balaban J connectivity index is 1.52. The van der Waals surface area contributed by atoms with Crippen LogP contribution in [0.3, 0.4) is 0 Å². The van der Waals surface area contributed by atoms with Crippen molar-refractivity contribution in [3.8, 4) is 11.5 Å². The first-order valence-corrected chi connectivity index (χ1v) is 10.8. The lowest BCUT2D eigenvalue weighted by atomic mass is 10.1. The van der Waals surface area contributed by atoms with E-state index in [0.29, 0.717) is 37.7 Å². The highest BCUT2D eigenvalue weighted by molar-refractivity contribution is 6.13. The minimum absolute atomic E-state index is 0.260. The Hall–Kier alpha value is -3.80. The molecule has 1 heterocycles. The Morgan fingerprint density at radius 1 is 0.906 bits per heavy atom. The average molecular weight is 431 g/mol. The Bertz CT molecular complexity index is 1190. The van der Waals surface area contributed by atoms with Gasteiger partial charge in [-0.3, -0.25) is 9.69 Å². The number of nitrogens with zero attached hydrogens (tertiary/aromatic N) is 1. The van der Waals surface area contributed by atoms with E-state index >= 15 is 0 Å². The zero-order valence-electron chi connectivity index (χ0n) is 18.3. The van der Waals surface area contributed by atoms with Gasteiger partial charge >= 0.3 is 6.03 Å². The first-order valence-electron chi connectivity index (χ1n) is 10.8. The van der Waals surface area contributed by atoms with Crippen LogP contribution in [0.5, 0.6) is 11.5 Å². The number of benzene rings is 3. The summed E-state index contributed by atoms with van der Waals surface area (Å²) in [7, 11) is 0. The fraction of sp³-hybridized carbons (Fsp3) is 0.231. The SMILES string of the molecule is CCCN1C(=O)N/C(=C/c2ccc(OCc3ccc4ccccc4c3)c(OCC)c2)C1=O. The van der Waals surface area contributed by atoms with Crippen molar-refractivity contribution in [3.63, 3.8) is 0 Å². The number of fused-ring (bicyclic) bond motifs is 1. The second kappa shape index (κ2) is 9.56. The molecule has 3 amide bonds. The molecule has 0 aromatic heterocycles. The van der Waals surface area contributed by atoms with E-state index in [2.05, 4.69) is 35.6 Å². The van der Waals surface area contributed by atoms with Crippen LogP contribution in [0.2, 0.25) is 0 Å². The average Bonchev–Trinajstić information content (AvgIpc) is 3.06. The van der Waals surface area contributed by atoms with E-state index in [1.165, 1.54) is 15.7 Å².